The van der Waals surface area contributed by atoms with Crippen molar-refractivity contribution in [2.75, 3.05) is 6.61 Å². The molecule has 7 nitrogen and oxygen atoms in total. The van der Waals surface area contributed by atoms with Gasteiger partial charge < -0.3 is 19.3 Å². The van der Waals surface area contributed by atoms with E-state index < -0.39 is 35.5 Å². The second-order valence-electron chi connectivity index (χ2n) is 13.5. The molecule has 4 aliphatic carbocycles. The molecule has 0 spiro atoms. The largest absolute Gasteiger partial charge is 0.457 e. The number of aliphatic hydroxyl groups excluding tert-OH is 1. The van der Waals surface area contributed by atoms with Gasteiger partial charge in [-0.3, -0.25) is 14.4 Å². The van der Waals surface area contributed by atoms with E-state index in [1.54, 1.807) is 26.0 Å². The van der Waals surface area contributed by atoms with Crippen LogP contribution in [0.5, 0.6) is 0 Å². The number of carbonyl (C=O) groups excluding carboxylic acids is 3. The van der Waals surface area contributed by atoms with Crippen molar-refractivity contribution in [3.8, 4) is 0 Å². The highest BCUT2D eigenvalue weighted by molar-refractivity contribution is 5.99. The van der Waals surface area contributed by atoms with Crippen molar-refractivity contribution < 1.29 is 33.7 Å². The van der Waals surface area contributed by atoms with Gasteiger partial charge in [-0.15, -0.1) is 0 Å². The molecule has 1 N–H and O–H groups in total. The quantitative estimate of drug-likeness (QED) is 0.312. The number of Topliss-reactive ketones (excluding diaryl/α,β-unsaturated/α-hetero) is 1. The second kappa shape index (κ2) is 11.8. The molecule has 222 valence electrons. The van der Waals surface area contributed by atoms with Gasteiger partial charge in [0.05, 0.1) is 18.1 Å². The summed E-state index contributed by atoms with van der Waals surface area (Å²) in [6, 6.07) is 0. The van der Waals surface area contributed by atoms with Gasteiger partial charge in [-0.1, -0.05) is 58.6 Å². The van der Waals surface area contributed by atoms with Crippen LogP contribution in [0.3, 0.4) is 0 Å². The number of ether oxygens (including phenoxy) is 3. The summed E-state index contributed by atoms with van der Waals surface area (Å²) in [5.74, 6) is -0.298. The van der Waals surface area contributed by atoms with Crippen LogP contribution in [-0.4, -0.2) is 53.3 Å². The molecule has 0 aromatic heterocycles. The molecule has 7 heteroatoms. The van der Waals surface area contributed by atoms with Crippen LogP contribution in [0.4, 0.5) is 0 Å². The molecule has 1 heterocycles. The fourth-order valence-electron chi connectivity index (χ4n) is 8.82. The normalized spacial score (nSPS) is 40.7. The third kappa shape index (κ3) is 5.15. The van der Waals surface area contributed by atoms with Gasteiger partial charge in [0.25, 0.3) is 0 Å². The van der Waals surface area contributed by atoms with E-state index in [-0.39, 0.29) is 47.8 Å². The highest BCUT2D eigenvalue weighted by atomic mass is 16.7. The maximum absolute atomic E-state index is 14.2. The fourth-order valence-corrected chi connectivity index (χ4v) is 8.82. The van der Waals surface area contributed by atoms with Crippen LogP contribution in [0.15, 0.2) is 23.8 Å². The Kier molecular flexibility index (Phi) is 8.76. The molecule has 5 rings (SSSR count). The lowest BCUT2D eigenvalue weighted by molar-refractivity contribution is -0.205. The first-order valence-electron chi connectivity index (χ1n) is 15.7. The predicted molar refractivity (Wildman–Crippen MR) is 150 cm³/mol. The molecule has 0 aromatic carbocycles. The van der Waals surface area contributed by atoms with Crippen LogP contribution in [0.25, 0.3) is 0 Å². The minimum Gasteiger partial charge on any atom is -0.457 e. The summed E-state index contributed by atoms with van der Waals surface area (Å²) in [6.45, 7) is 7.29. The average molecular weight is 557 g/mol. The molecule has 8 atom stereocenters. The Labute approximate surface area is 239 Å². The molecular weight excluding hydrogens is 508 g/mol. The van der Waals surface area contributed by atoms with Gasteiger partial charge in [0.1, 0.15) is 0 Å². The van der Waals surface area contributed by atoms with Crippen molar-refractivity contribution in [3.05, 3.63) is 23.8 Å². The lowest BCUT2D eigenvalue weighted by atomic mass is 9.52. The standard InChI is InChI=1S/C33H48O7/c1-5-6-12-23(34)15-21-13-14-24-25(16-21)27(35)18-32(4)26(24)17-29-33(32,28(36)19-38-30(37)20(2)3)40-31(39-29)22-10-8-7-9-11-22/h6,12,15,20,22,24-27,29,31,35H,5,7-11,13-14,16-19H2,1-4H3/b12-6-,21-15-/t24-,25-,26+,27+,29-,31-,32+,33-/m1/s1. The molecule has 0 bridgehead atoms. The molecule has 0 amide bonds. The number of esters is 1. The van der Waals surface area contributed by atoms with Gasteiger partial charge in [0.15, 0.2) is 24.3 Å². The smallest absolute Gasteiger partial charge is 0.308 e. The first kappa shape index (κ1) is 29.7. The van der Waals surface area contributed by atoms with E-state index in [9.17, 15) is 19.5 Å². The predicted octanol–water partition coefficient (Wildman–Crippen LogP) is 5.48. The first-order valence-corrected chi connectivity index (χ1v) is 15.7. The van der Waals surface area contributed by atoms with Gasteiger partial charge >= 0.3 is 5.97 Å². The van der Waals surface area contributed by atoms with Crippen LogP contribution in [0, 0.1) is 35.0 Å². The number of ketones is 2. The lowest BCUT2D eigenvalue weighted by Crippen LogP contribution is -2.62. The number of hydrogen-bond acceptors (Lipinski definition) is 7. The van der Waals surface area contributed by atoms with Crippen LogP contribution < -0.4 is 0 Å². The van der Waals surface area contributed by atoms with E-state index in [0.717, 1.165) is 50.5 Å². The number of aliphatic hydroxyl groups is 1. The molecular formula is C33H48O7. The topological polar surface area (TPSA) is 99.1 Å². The summed E-state index contributed by atoms with van der Waals surface area (Å²) < 4.78 is 19.0. The summed E-state index contributed by atoms with van der Waals surface area (Å²) in [6.07, 6.45) is 13.7. The zero-order chi connectivity index (χ0) is 28.7. The Morgan fingerprint density at radius 2 is 1.88 bits per heavy atom. The van der Waals surface area contributed by atoms with E-state index in [4.69, 9.17) is 14.2 Å². The van der Waals surface area contributed by atoms with Crippen molar-refractivity contribution >= 4 is 17.5 Å². The van der Waals surface area contributed by atoms with Crippen molar-refractivity contribution in [2.24, 2.45) is 35.0 Å². The number of allylic oxidation sites excluding steroid dienone is 4. The molecule has 5 fully saturated rings. The van der Waals surface area contributed by atoms with Gasteiger partial charge in [-0.2, -0.15) is 0 Å². The molecule has 1 aliphatic heterocycles. The van der Waals surface area contributed by atoms with Crippen LogP contribution in [0.1, 0.15) is 98.3 Å². The van der Waals surface area contributed by atoms with Gasteiger partial charge in [0, 0.05) is 11.3 Å². The monoisotopic (exact) mass is 556 g/mol. The Balaban J connectivity index is 1.41. The summed E-state index contributed by atoms with van der Waals surface area (Å²) in [5, 5.41) is 11.6. The SMILES string of the molecule is CC/C=C\C(=O)/C=C1/CC[C@@H]2[C@@H](C1)[C@@H](O)C[C@@]1(C)[C@H]2C[C@H]2O[C@@H](C3CCCCC3)O[C@]21C(=O)COC(=O)C(C)C. The van der Waals surface area contributed by atoms with Crippen LogP contribution in [0.2, 0.25) is 0 Å². The van der Waals surface area contributed by atoms with Gasteiger partial charge in [0.2, 0.25) is 5.78 Å². The van der Waals surface area contributed by atoms with E-state index in [1.165, 1.54) is 6.42 Å². The zero-order valence-corrected chi connectivity index (χ0v) is 24.7. The van der Waals surface area contributed by atoms with Crippen molar-refractivity contribution in [2.45, 2.75) is 122 Å². The van der Waals surface area contributed by atoms with Gasteiger partial charge in [-0.25, -0.2) is 0 Å². The maximum atomic E-state index is 14.2. The average Bonchev–Trinajstić information content (AvgIpc) is 3.44. The first-order chi connectivity index (χ1) is 19.1. The number of carbonyl (C=O) groups is 3. The minimum atomic E-state index is -1.24. The van der Waals surface area contributed by atoms with E-state index in [0.29, 0.717) is 19.3 Å². The summed E-state index contributed by atoms with van der Waals surface area (Å²) >= 11 is 0. The van der Waals surface area contributed by atoms with Crippen molar-refractivity contribution in [3.63, 3.8) is 0 Å². The lowest BCUT2D eigenvalue weighted by Gasteiger charge is -2.55. The number of fused-ring (bicyclic) bond motifs is 5. The molecule has 40 heavy (non-hydrogen) atoms. The van der Waals surface area contributed by atoms with Crippen molar-refractivity contribution in [1.82, 2.24) is 0 Å². The third-order valence-electron chi connectivity index (χ3n) is 10.8. The molecule has 0 aromatic rings. The third-order valence-corrected chi connectivity index (χ3v) is 10.8. The summed E-state index contributed by atoms with van der Waals surface area (Å²) in [4.78, 5) is 38.9. The maximum Gasteiger partial charge on any atom is 0.308 e. The van der Waals surface area contributed by atoms with Crippen LogP contribution in [-0.2, 0) is 28.6 Å². The molecule has 5 aliphatic rings. The van der Waals surface area contributed by atoms with E-state index in [2.05, 4.69) is 6.92 Å². The molecule has 4 saturated carbocycles. The van der Waals surface area contributed by atoms with Gasteiger partial charge in [-0.05, 0) is 81.3 Å². The van der Waals surface area contributed by atoms with E-state index in [1.807, 2.05) is 13.0 Å². The van der Waals surface area contributed by atoms with Crippen molar-refractivity contribution in [1.29, 1.82) is 0 Å². The van der Waals surface area contributed by atoms with E-state index >= 15 is 0 Å². The summed E-state index contributed by atoms with van der Waals surface area (Å²) in [5.41, 5.74) is -0.770. The number of rotatable bonds is 8. The molecule has 0 unspecified atom stereocenters. The second-order valence-corrected chi connectivity index (χ2v) is 13.5. The zero-order valence-electron chi connectivity index (χ0n) is 24.7. The molecule has 0 radical (unpaired) electrons. The highest BCUT2D eigenvalue weighted by Gasteiger charge is 2.75. The Morgan fingerprint density at radius 3 is 2.58 bits per heavy atom. The Bertz CT molecular complexity index is 1040. The fraction of sp³-hybridized carbons (Fsp3) is 0.788. The summed E-state index contributed by atoms with van der Waals surface area (Å²) in [7, 11) is 0. The van der Waals surface area contributed by atoms with Crippen LogP contribution >= 0.6 is 0 Å². The molecule has 1 saturated heterocycles. The Morgan fingerprint density at radius 1 is 1.12 bits per heavy atom. The Hall–Kier alpha value is -1.83. The minimum absolute atomic E-state index is 0.0110. The highest BCUT2D eigenvalue weighted by Crippen LogP contribution is 2.67. The number of hydrogen-bond donors (Lipinski definition) is 1.